The van der Waals surface area contributed by atoms with Gasteiger partial charge in [-0.05, 0) is 36.6 Å². The van der Waals surface area contributed by atoms with Crippen molar-refractivity contribution in [2.24, 2.45) is 0 Å². The summed E-state index contributed by atoms with van der Waals surface area (Å²) in [4.78, 5) is 12.5. The molecule has 138 valence electrons. The number of carbonyl (C=O) groups excluding carboxylic acids is 1. The lowest BCUT2D eigenvalue weighted by Crippen LogP contribution is -2.36. The van der Waals surface area contributed by atoms with Gasteiger partial charge in [-0.15, -0.1) is 0 Å². The molecule has 0 atom stereocenters. The van der Waals surface area contributed by atoms with Crippen LogP contribution in [-0.4, -0.2) is 20.4 Å². The predicted molar refractivity (Wildman–Crippen MR) is 101 cm³/mol. The molecule has 0 aliphatic heterocycles. The minimum atomic E-state index is -3.61. The van der Waals surface area contributed by atoms with E-state index in [1.54, 1.807) is 12.1 Å². The molecule has 1 saturated carbocycles. The van der Waals surface area contributed by atoms with Crippen molar-refractivity contribution in [1.82, 2.24) is 10.0 Å². The maximum Gasteiger partial charge on any atom is 0.251 e. The van der Waals surface area contributed by atoms with Crippen LogP contribution < -0.4 is 10.0 Å². The lowest BCUT2D eigenvalue weighted by Gasteiger charge is -2.22. The van der Waals surface area contributed by atoms with Crippen LogP contribution in [0.1, 0.15) is 48.0 Å². The molecule has 2 aromatic rings. The maximum atomic E-state index is 12.6. The number of hydrogen-bond donors (Lipinski definition) is 2. The van der Waals surface area contributed by atoms with Crippen molar-refractivity contribution in [1.29, 1.82) is 0 Å². The molecule has 0 spiro atoms. The van der Waals surface area contributed by atoms with Gasteiger partial charge < -0.3 is 5.32 Å². The van der Waals surface area contributed by atoms with Crippen molar-refractivity contribution in [2.45, 2.75) is 49.6 Å². The summed E-state index contributed by atoms with van der Waals surface area (Å²) in [5.41, 5.74) is 1.33. The monoisotopic (exact) mass is 372 g/mol. The molecule has 1 aliphatic rings. The molecule has 5 nitrogen and oxygen atoms in total. The van der Waals surface area contributed by atoms with Gasteiger partial charge in [0.25, 0.3) is 5.91 Å². The zero-order valence-electron chi connectivity index (χ0n) is 14.6. The highest BCUT2D eigenvalue weighted by molar-refractivity contribution is 7.89. The first-order chi connectivity index (χ1) is 12.5. The second kappa shape index (κ2) is 8.47. The molecule has 2 aromatic carbocycles. The first-order valence-electron chi connectivity index (χ1n) is 8.99. The Morgan fingerprint density at radius 1 is 0.962 bits per heavy atom. The van der Waals surface area contributed by atoms with Gasteiger partial charge >= 0.3 is 0 Å². The van der Waals surface area contributed by atoms with Crippen LogP contribution in [0, 0.1) is 0 Å². The number of benzene rings is 2. The summed E-state index contributed by atoms with van der Waals surface area (Å²) < 4.78 is 28.0. The maximum absolute atomic E-state index is 12.6. The molecule has 1 aliphatic carbocycles. The van der Waals surface area contributed by atoms with Crippen molar-refractivity contribution in [3.8, 4) is 0 Å². The van der Waals surface area contributed by atoms with Gasteiger partial charge in [0.15, 0.2) is 0 Å². The van der Waals surface area contributed by atoms with Gasteiger partial charge in [-0.25, -0.2) is 13.1 Å². The molecule has 0 unspecified atom stereocenters. The largest absolute Gasteiger partial charge is 0.348 e. The number of amides is 1. The second-order valence-electron chi connectivity index (χ2n) is 6.65. The minimum absolute atomic E-state index is 0.00990. The Balaban J connectivity index is 1.67. The van der Waals surface area contributed by atoms with Crippen LogP contribution in [0.2, 0.25) is 0 Å². The summed E-state index contributed by atoms with van der Waals surface area (Å²) in [5.74, 6) is -0.288. The van der Waals surface area contributed by atoms with Gasteiger partial charge in [0.2, 0.25) is 10.0 Å². The van der Waals surface area contributed by atoms with E-state index in [1.165, 1.54) is 12.1 Å². The van der Waals surface area contributed by atoms with Crippen LogP contribution in [0.25, 0.3) is 0 Å². The van der Waals surface area contributed by atoms with E-state index in [1.807, 2.05) is 30.3 Å². The van der Waals surface area contributed by atoms with Crippen LogP contribution in [0.3, 0.4) is 0 Å². The van der Waals surface area contributed by atoms with Crippen LogP contribution in [0.15, 0.2) is 59.5 Å². The zero-order chi connectivity index (χ0) is 18.4. The molecule has 0 heterocycles. The SMILES string of the molecule is O=C(NCc1ccccc1)c1cccc(S(=O)(=O)NC2CCCCC2)c1. The van der Waals surface area contributed by atoms with E-state index in [9.17, 15) is 13.2 Å². The Kier molecular flexibility index (Phi) is 6.06. The quantitative estimate of drug-likeness (QED) is 0.817. The van der Waals surface area contributed by atoms with Crippen molar-refractivity contribution in [3.63, 3.8) is 0 Å². The number of nitrogens with one attached hydrogen (secondary N) is 2. The fourth-order valence-corrected chi connectivity index (χ4v) is 4.54. The molecule has 0 radical (unpaired) electrons. The molecule has 0 saturated heterocycles. The fourth-order valence-electron chi connectivity index (χ4n) is 3.19. The van der Waals surface area contributed by atoms with Gasteiger partial charge in [0, 0.05) is 18.2 Å². The summed E-state index contributed by atoms with van der Waals surface area (Å²) in [6, 6.07) is 15.8. The molecular formula is C20H24N2O3S. The highest BCUT2D eigenvalue weighted by Crippen LogP contribution is 2.20. The van der Waals surface area contributed by atoms with Crippen molar-refractivity contribution in [3.05, 3.63) is 65.7 Å². The highest BCUT2D eigenvalue weighted by Gasteiger charge is 2.22. The third kappa shape index (κ3) is 4.93. The van der Waals surface area contributed by atoms with Gasteiger partial charge in [0.1, 0.15) is 0 Å². The lowest BCUT2D eigenvalue weighted by molar-refractivity contribution is 0.0950. The van der Waals surface area contributed by atoms with Gasteiger partial charge in [-0.2, -0.15) is 0 Å². The van der Waals surface area contributed by atoms with Gasteiger partial charge in [-0.1, -0.05) is 55.7 Å². The third-order valence-electron chi connectivity index (χ3n) is 4.63. The molecule has 26 heavy (non-hydrogen) atoms. The summed E-state index contributed by atoms with van der Waals surface area (Å²) >= 11 is 0. The molecular weight excluding hydrogens is 348 g/mol. The summed E-state index contributed by atoms with van der Waals surface area (Å²) in [7, 11) is -3.61. The van der Waals surface area contributed by atoms with E-state index in [0.29, 0.717) is 12.1 Å². The van der Waals surface area contributed by atoms with E-state index >= 15 is 0 Å². The molecule has 1 amide bonds. The van der Waals surface area contributed by atoms with Crippen molar-refractivity contribution >= 4 is 15.9 Å². The predicted octanol–water partition coefficient (Wildman–Crippen LogP) is 3.23. The third-order valence-corrected chi connectivity index (χ3v) is 6.15. The standard InChI is InChI=1S/C20H24N2O3S/c23-20(21-15-16-8-3-1-4-9-16)17-10-7-13-19(14-17)26(24,25)22-18-11-5-2-6-12-18/h1,3-4,7-10,13-14,18,22H,2,5-6,11-12,15H2,(H,21,23). The van der Waals surface area contributed by atoms with E-state index < -0.39 is 10.0 Å². The van der Waals surface area contributed by atoms with E-state index in [-0.39, 0.29) is 16.8 Å². The van der Waals surface area contributed by atoms with Crippen LogP contribution >= 0.6 is 0 Å². The lowest BCUT2D eigenvalue weighted by atomic mass is 9.96. The Bertz CT molecular complexity index is 844. The highest BCUT2D eigenvalue weighted by atomic mass is 32.2. The van der Waals surface area contributed by atoms with Crippen LogP contribution in [-0.2, 0) is 16.6 Å². The zero-order valence-corrected chi connectivity index (χ0v) is 15.5. The number of carbonyl (C=O) groups is 1. The topological polar surface area (TPSA) is 75.3 Å². The van der Waals surface area contributed by atoms with Crippen LogP contribution in [0.5, 0.6) is 0 Å². The molecule has 6 heteroatoms. The smallest absolute Gasteiger partial charge is 0.251 e. The average Bonchev–Trinajstić information content (AvgIpc) is 2.67. The van der Waals surface area contributed by atoms with E-state index in [0.717, 1.165) is 37.7 Å². The molecule has 2 N–H and O–H groups in total. The molecule has 1 fully saturated rings. The number of rotatable bonds is 6. The Morgan fingerprint density at radius 2 is 1.69 bits per heavy atom. The van der Waals surface area contributed by atoms with Crippen LogP contribution in [0.4, 0.5) is 0 Å². The number of sulfonamides is 1. The first kappa shape index (κ1) is 18.6. The minimum Gasteiger partial charge on any atom is -0.348 e. The molecule has 0 bridgehead atoms. The number of hydrogen-bond acceptors (Lipinski definition) is 3. The van der Waals surface area contributed by atoms with E-state index in [4.69, 9.17) is 0 Å². The average molecular weight is 372 g/mol. The summed E-state index contributed by atoms with van der Waals surface area (Å²) in [6.07, 6.45) is 5.01. The Hall–Kier alpha value is -2.18. The first-order valence-corrected chi connectivity index (χ1v) is 10.5. The van der Waals surface area contributed by atoms with Crippen molar-refractivity contribution < 1.29 is 13.2 Å². The molecule has 3 rings (SSSR count). The summed E-state index contributed by atoms with van der Waals surface area (Å²) in [5, 5.41) is 2.82. The second-order valence-corrected chi connectivity index (χ2v) is 8.37. The Morgan fingerprint density at radius 3 is 2.42 bits per heavy atom. The molecule has 0 aromatic heterocycles. The summed E-state index contributed by atoms with van der Waals surface area (Å²) in [6.45, 7) is 0.400. The fraction of sp³-hybridized carbons (Fsp3) is 0.350. The van der Waals surface area contributed by atoms with E-state index in [2.05, 4.69) is 10.0 Å². The normalized spacial score (nSPS) is 15.5. The van der Waals surface area contributed by atoms with Crippen molar-refractivity contribution in [2.75, 3.05) is 0 Å². The van der Waals surface area contributed by atoms with Gasteiger partial charge in [-0.3, -0.25) is 4.79 Å². The Labute approximate surface area is 154 Å². The van der Waals surface area contributed by atoms with Gasteiger partial charge in [0.05, 0.1) is 4.90 Å².